The molecule has 1 aromatic rings. The molecule has 1 aromatic carbocycles. The van der Waals surface area contributed by atoms with Gasteiger partial charge in [0.25, 0.3) is 11.8 Å². The fourth-order valence-corrected chi connectivity index (χ4v) is 3.15. The van der Waals surface area contributed by atoms with E-state index < -0.39 is 0 Å². The molecule has 0 radical (unpaired) electrons. The Hall–Kier alpha value is -2.04. The Bertz CT molecular complexity index is 568. The number of fused-ring (bicyclic) bond motifs is 2. The standard InChI is InChI=1S/C17H21NO4/c1-3-5-11(4-2)6-7-18-16(19)12-8-14-15(22-10-21-14)9-13(12)17(18)20/h8-9,11H,3-7,10H2,1-2H3. The molecular formula is C17H21NO4. The summed E-state index contributed by atoms with van der Waals surface area (Å²) in [6, 6.07) is 3.25. The lowest BCUT2D eigenvalue weighted by molar-refractivity contribution is 0.0643. The highest BCUT2D eigenvalue weighted by Gasteiger charge is 2.37. The van der Waals surface area contributed by atoms with Crippen molar-refractivity contribution in [1.82, 2.24) is 4.90 Å². The van der Waals surface area contributed by atoms with Gasteiger partial charge in [-0.3, -0.25) is 14.5 Å². The van der Waals surface area contributed by atoms with Crippen molar-refractivity contribution in [2.45, 2.75) is 39.5 Å². The monoisotopic (exact) mass is 303 g/mol. The molecule has 5 nitrogen and oxygen atoms in total. The second kappa shape index (κ2) is 5.99. The van der Waals surface area contributed by atoms with E-state index in [1.54, 1.807) is 12.1 Å². The fraction of sp³-hybridized carbons (Fsp3) is 0.529. The third kappa shape index (κ3) is 2.45. The lowest BCUT2D eigenvalue weighted by Crippen LogP contribution is -2.31. The summed E-state index contributed by atoms with van der Waals surface area (Å²) in [6.45, 7) is 4.94. The van der Waals surface area contributed by atoms with Crippen LogP contribution in [-0.4, -0.2) is 30.1 Å². The Labute approximate surface area is 130 Å². The highest BCUT2D eigenvalue weighted by Crippen LogP contribution is 2.38. The van der Waals surface area contributed by atoms with E-state index in [1.165, 1.54) is 4.90 Å². The average Bonchev–Trinajstić information content (AvgIpc) is 3.07. The number of hydrogen-bond donors (Lipinski definition) is 0. The number of carbonyl (C=O) groups excluding carboxylic acids is 2. The van der Waals surface area contributed by atoms with Crippen LogP contribution in [0.2, 0.25) is 0 Å². The molecule has 118 valence electrons. The second-order valence-electron chi connectivity index (χ2n) is 5.86. The summed E-state index contributed by atoms with van der Waals surface area (Å²) in [5.74, 6) is 1.21. The number of ether oxygens (including phenoxy) is 2. The van der Waals surface area contributed by atoms with E-state index in [-0.39, 0.29) is 18.6 Å². The predicted octanol–water partition coefficient (Wildman–Crippen LogP) is 3.23. The zero-order valence-corrected chi connectivity index (χ0v) is 13.1. The molecule has 0 saturated heterocycles. The number of carbonyl (C=O) groups is 2. The fourth-order valence-electron chi connectivity index (χ4n) is 3.15. The van der Waals surface area contributed by atoms with Gasteiger partial charge in [0.2, 0.25) is 6.79 Å². The van der Waals surface area contributed by atoms with Gasteiger partial charge in [0.05, 0.1) is 11.1 Å². The summed E-state index contributed by atoms with van der Waals surface area (Å²) >= 11 is 0. The van der Waals surface area contributed by atoms with Crippen LogP contribution in [0.25, 0.3) is 0 Å². The summed E-state index contributed by atoms with van der Waals surface area (Å²) in [5.41, 5.74) is 0.857. The van der Waals surface area contributed by atoms with Crippen LogP contribution in [-0.2, 0) is 0 Å². The van der Waals surface area contributed by atoms with E-state index >= 15 is 0 Å². The molecule has 0 aromatic heterocycles. The van der Waals surface area contributed by atoms with Gasteiger partial charge in [-0.25, -0.2) is 0 Å². The third-order valence-corrected chi connectivity index (χ3v) is 4.50. The Kier molecular flexibility index (Phi) is 4.05. The van der Waals surface area contributed by atoms with Crippen molar-refractivity contribution in [3.05, 3.63) is 23.3 Å². The van der Waals surface area contributed by atoms with Gasteiger partial charge in [-0.05, 0) is 24.5 Å². The van der Waals surface area contributed by atoms with Crippen LogP contribution in [0.4, 0.5) is 0 Å². The van der Waals surface area contributed by atoms with Crippen LogP contribution in [0.15, 0.2) is 12.1 Å². The summed E-state index contributed by atoms with van der Waals surface area (Å²) in [4.78, 5) is 26.3. The van der Waals surface area contributed by atoms with Gasteiger partial charge in [-0.1, -0.05) is 33.1 Å². The Morgan fingerprint density at radius 3 is 2.14 bits per heavy atom. The first-order chi connectivity index (χ1) is 10.7. The molecule has 0 aliphatic carbocycles. The molecule has 0 N–H and O–H groups in total. The summed E-state index contributed by atoms with van der Waals surface area (Å²) in [6.07, 6.45) is 4.20. The molecule has 1 unspecified atom stereocenters. The van der Waals surface area contributed by atoms with Crippen molar-refractivity contribution in [2.24, 2.45) is 5.92 Å². The minimum Gasteiger partial charge on any atom is -0.454 e. The number of amides is 2. The molecule has 2 amide bonds. The number of hydrogen-bond acceptors (Lipinski definition) is 4. The van der Waals surface area contributed by atoms with Crippen LogP contribution >= 0.6 is 0 Å². The largest absolute Gasteiger partial charge is 0.454 e. The molecule has 1 atom stereocenters. The van der Waals surface area contributed by atoms with Crippen molar-refractivity contribution in [3.63, 3.8) is 0 Å². The maximum absolute atomic E-state index is 12.5. The maximum atomic E-state index is 12.5. The average molecular weight is 303 g/mol. The Morgan fingerprint density at radius 2 is 1.64 bits per heavy atom. The van der Waals surface area contributed by atoms with Gasteiger partial charge < -0.3 is 9.47 Å². The third-order valence-electron chi connectivity index (χ3n) is 4.50. The Balaban J connectivity index is 1.76. The minimum atomic E-state index is -0.218. The Morgan fingerprint density at radius 1 is 1.05 bits per heavy atom. The van der Waals surface area contributed by atoms with E-state index in [1.807, 2.05) is 0 Å². The van der Waals surface area contributed by atoms with E-state index in [9.17, 15) is 9.59 Å². The summed E-state index contributed by atoms with van der Waals surface area (Å²) in [5, 5.41) is 0. The topological polar surface area (TPSA) is 55.8 Å². The van der Waals surface area contributed by atoms with E-state index in [2.05, 4.69) is 13.8 Å². The molecule has 2 aliphatic heterocycles. The SMILES string of the molecule is CCCC(CC)CCN1C(=O)c2cc3c(cc2C1=O)OCO3. The van der Waals surface area contributed by atoms with Gasteiger partial charge in [-0.15, -0.1) is 0 Å². The lowest BCUT2D eigenvalue weighted by Gasteiger charge is -2.18. The van der Waals surface area contributed by atoms with E-state index in [0.29, 0.717) is 35.1 Å². The van der Waals surface area contributed by atoms with Crippen LogP contribution in [0.1, 0.15) is 60.2 Å². The normalized spacial score (nSPS) is 17.1. The van der Waals surface area contributed by atoms with Gasteiger partial charge in [0.1, 0.15) is 0 Å². The second-order valence-corrected chi connectivity index (χ2v) is 5.86. The molecule has 0 spiro atoms. The van der Waals surface area contributed by atoms with Gasteiger partial charge >= 0.3 is 0 Å². The molecule has 3 rings (SSSR count). The molecular weight excluding hydrogens is 282 g/mol. The van der Waals surface area contributed by atoms with E-state index in [0.717, 1.165) is 25.7 Å². The van der Waals surface area contributed by atoms with Crippen molar-refractivity contribution in [1.29, 1.82) is 0 Å². The quantitative estimate of drug-likeness (QED) is 0.757. The number of rotatable bonds is 6. The summed E-state index contributed by atoms with van der Waals surface area (Å²) < 4.78 is 10.6. The lowest BCUT2D eigenvalue weighted by atomic mass is 9.97. The molecule has 22 heavy (non-hydrogen) atoms. The van der Waals surface area contributed by atoms with Crippen molar-refractivity contribution in [2.75, 3.05) is 13.3 Å². The number of imide groups is 1. The number of benzene rings is 1. The van der Waals surface area contributed by atoms with Gasteiger partial charge in [-0.2, -0.15) is 0 Å². The number of nitrogens with zero attached hydrogens (tertiary/aromatic N) is 1. The predicted molar refractivity (Wildman–Crippen MR) is 81.2 cm³/mol. The molecule has 0 fully saturated rings. The first-order valence-electron chi connectivity index (χ1n) is 7.95. The van der Waals surface area contributed by atoms with Gasteiger partial charge in [0.15, 0.2) is 11.5 Å². The molecule has 2 heterocycles. The van der Waals surface area contributed by atoms with Crippen molar-refractivity contribution < 1.29 is 19.1 Å². The first kappa shape index (κ1) is 14.9. The molecule has 0 bridgehead atoms. The highest BCUT2D eigenvalue weighted by atomic mass is 16.7. The molecule has 0 saturated carbocycles. The smallest absolute Gasteiger partial charge is 0.261 e. The molecule has 2 aliphatic rings. The van der Waals surface area contributed by atoms with Crippen molar-refractivity contribution in [3.8, 4) is 11.5 Å². The van der Waals surface area contributed by atoms with Crippen molar-refractivity contribution >= 4 is 11.8 Å². The first-order valence-corrected chi connectivity index (χ1v) is 7.95. The van der Waals surface area contributed by atoms with Crippen LogP contribution in [0.5, 0.6) is 11.5 Å². The van der Waals surface area contributed by atoms with E-state index in [4.69, 9.17) is 9.47 Å². The maximum Gasteiger partial charge on any atom is 0.261 e. The summed E-state index contributed by atoms with van der Waals surface area (Å²) in [7, 11) is 0. The zero-order chi connectivity index (χ0) is 15.7. The van der Waals surface area contributed by atoms with Crippen LogP contribution < -0.4 is 9.47 Å². The van der Waals surface area contributed by atoms with Crippen LogP contribution in [0.3, 0.4) is 0 Å². The zero-order valence-electron chi connectivity index (χ0n) is 13.1. The van der Waals surface area contributed by atoms with Crippen LogP contribution in [0, 0.1) is 5.92 Å². The van der Waals surface area contributed by atoms with Gasteiger partial charge in [0, 0.05) is 6.54 Å². The molecule has 5 heteroatoms. The minimum absolute atomic E-state index is 0.138. The highest BCUT2D eigenvalue weighted by molar-refractivity contribution is 6.21.